The summed E-state index contributed by atoms with van der Waals surface area (Å²) in [6, 6.07) is 5.08. The van der Waals surface area contributed by atoms with Gasteiger partial charge in [0, 0.05) is 54.1 Å². The first-order valence-corrected chi connectivity index (χ1v) is 10.6. The predicted octanol–water partition coefficient (Wildman–Crippen LogP) is 4.56. The number of hydrogen-bond acceptors (Lipinski definition) is 5. The van der Waals surface area contributed by atoms with E-state index in [1.807, 2.05) is 32.1 Å². The lowest BCUT2D eigenvalue weighted by atomic mass is 9.86. The van der Waals surface area contributed by atoms with Gasteiger partial charge in [-0.05, 0) is 56.7 Å². The zero-order valence-electron chi connectivity index (χ0n) is 17.0. The van der Waals surface area contributed by atoms with Crippen molar-refractivity contribution in [3.8, 4) is 0 Å². The number of nitrogens with one attached hydrogen (secondary N) is 2. The molecule has 0 atom stereocenters. The lowest BCUT2D eigenvalue weighted by molar-refractivity contribution is 0.0922. The Labute approximate surface area is 182 Å². The number of benzene rings is 1. The number of aryl methyl sites for hydroxylation is 1. The molecular formula is C21H27Cl2N5O. The van der Waals surface area contributed by atoms with Crippen LogP contribution in [0.5, 0.6) is 0 Å². The third-order valence-electron chi connectivity index (χ3n) is 5.22. The monoisotopic (exact) mass is 435 g/mol. The molecule has 156 valence electrons. The molecule has 6 nitrogen and oxygen atoms in total. The molecule has 29 heavy (non-hydrogen) atoms. The van der Waals surface area contributed by atoms with Crippen molar-refractivity contribution < 1.29 is 4.79 Å². The Kier molecular flexibility index (Phi) is 7.19. The van der Waals surface area contributed by atoms with E-state index in [1.165, 1.54) is 0 Å². The number of hydrogen-bond donors (Lipinski definition) is 2. The first kappa shape index (κ1) is 21.7. The van der Waals surface area contributed by atoms with Crippen LogP contribution in [0, 0.1) is 12.8 Å². The number of aromatic nitrogens is 2. The summed E-state index contributed by atoms with van der Waals surface area (Å²) in [5, 5.41) is 7.40. The maximum Gasteiger partial charge on any atom is 0.251 e. The molecule has 0 radical (unpaired) electrons. The zero-order valence-corrected chi connectivity index (χ0v) is 18.5. The van der Waals surface area contributed by atoms with Gasteiger partial charge in [0.1, 0.15) is 5.82 Å². The van der Waals surface area contributed by atoms with Crippen LogP contribution in [0.4, 0.5) is 11.8 Å². The molecule has 2 aromatic rings. The SMILES string of the molecule is Cc1cnc(NCC2CCC(NC(=O)c3cc(Cl)cc(Cl)c3)CC2)nc1N(C)C. The number of amides is 1. The largest absolute Gasteiger partial charge is 0.362 e. The highest BCUT2D eigenvalue weighted by Gasteiger charge is 2.23. The van der Waals surface area contributed by atoms with Crippen LogP contribution >= 0.6 is 23.2 Å². The second-order valence-corrected chi connectivity index (χ2v) is 8.70. The van der Waals surface area contributed by atoms with Crippen molar-refractivity contribution in [2.45, 2.75) is 38.6 Å². The van der Waals surface area contributed by atoms with Crippen LogP contribution < -0.4 is 15.5 Å². The van der Waals surface area contributed by atoms with Crippen LogP contribution in [0.1, 0.15) is 41.6 Å². The summed E-state index contributed by atoms with van der Waals surface area (Å²) in [5.41, 5.74) is 1.55. The first-order valence-electron chi connectivity index (χ1n) is 9.83. The summed E-state index contributed by atoms with van der Waals surface area (Å²) in [6.07, 6.45) is 5.83. The van der Waals surface area contributed by atoms with Crippen LogP contribution in [0.2, 0.25) is 10.0 Å². The highest BCUT2D eigenvalue weighted by Crippen LogP contribution is 2.26. The molecule has 0 unspecified atom stereocenters. The van der Waals surface area contributed by atoms with E-state index in [2.05, 4.69) is 20.6 Å². The molecular weight excluding hydrogens is 409 g/mol. The lowest BCUT2D eigenvalue weighted by Gasteiger charge is -2.29. The van der Waals surface area contributed by atoms with Crippen molar-refractivity contribution in [1.29, 1.82) is 0 Å². The Bertz CT molecular complexity index is 846. The van der Waals surface area contributed by atoms with Crippen molar-refractivity contribution in [3.05, 3.63) is 45.6 Å². The molecule has 0 spiro atoms. The maximum absolute atomic E-state index is 12.5. The molecule has 0 aliphatic heterocycles. The molecule has 1 aromatic carbocycles. The summed E-state index contributed by atoms with van der Waals surface area (Å²) < 4.78 is 0. The molecule has 1 amide bonds. The standard InChI is InChI=1S/C21H27Cl2N5O/c1-13-11-24-21(27-19(13)28(2)3)25-12-14-4-6-18(7-5-14)26-20(29)15-8-16(22)10-17(23)9-15/h8-11,14,18H,4-7,12H2,1-3H3,(H,26,29)(H,24,25,27). The van der Waals surface area contributed by atoms with E-state index in [0.717, 1.165) is 43.6 Å². The molecule has 1 fully saturated rings. The van der Waals surface area contributed by atoms with Crippen LogP contribution in [0.3, 0.4) is 0 Å². The molecule has 0 bridgehead atoms. The molecule has 8 heteroatoms. The van der Waals surface area contributed by atoms with Crippen LogP contribution in [-0.2, 0) is 0 Å². The van der Waals surface area contributed by atoms with Gasteiger partial charge in [-0.2, -0.15) is 4.98 Å². The summed E-state index contributed by atoms with van der Waals surface area (Å²) in [4.78, 5) is 23.4. The molecule has 0 saturated heterocycles. The number of rotatable bonds is 6. The van der Waals surface area contributed by atoms with Gasteiger partial charge in [-0.15, -0.1) is 0 Å². The van der Waals surface area contributed by atoms with E-state index in [-0.39, 0.29) is 11.9 Å². The zero-order chi connectivity index (χ0) is 21.0. The topological polar surface area (TPSA) is 70.1 Å². The average Bonchev–Trinajstić information content (AvgIpc) is 2.67. The summed E-state index contributed by atoms with van der Waals surface area (Å²) >= 11 is 12.0. The molecule has 3 rings (SSSR count). The summed E-state index contributed by atoms with van der Waals surface area (Å²) in [6.45, 7) is 2.84. The minimum Gasteiger partial charge on any atom is -0.362 e. The minimum atomic E-state index is -0.125. The first-order chi connectivity index (χ1) is 13.8. The van der Waals surface area contributed by atoms with Gasteiger partial charge in [0.25, 0.3) is 5.91 Å². The second kappa shape index (κ2) is 9.63. The van der Waals surface area contributed by atoms with Gasteiger partial charge in [-0.3, -0.25) is 4.79 Å². The normalized spacial score (nSPS) is 18.9. The number of anilines is 2. The predicted molar refractivity (Wildman–Crippen MR) is 119 cm³/mol. The van der Waals surface area contributed by atoms with E-state index in [4.69, 9.17) is 23.2 Å². The molecule has 1 aliphatic rings. The Morgan fingerprint density at radius 3 is 2.41 bits per heavy atom. The van der Waals surface area contributed by atoms with Crippen molar-refractivity contribution >= 4 is 40.9 Å². The van der Waals surface area contributed by atoms with E-state index < -0.39 is 0 Å². The van der Waals surface area contributed by atoms with Gasteiger partial charge in [0.05, 0.1) is 0 Å². The Morgan fingerprint density at radius 1 is 1.14 bits per heavy atom. The molecule has 1 saturated carbocycles. The van der Waals surface area contributed by atoms with Gasteiger partial charge in [0.15, 0.2) is 0 Å². The van der Waals surface area contributed by atoms with Crippen LogP contribution in [0.25, 0.3) is 0 Å². The lowest BCUT2D eigenvalue weighted by Crippen LogP contribution is -2.38. The number of carbonyl (C=O) groups is 1. The van der Waals surface area contributed by atoms with Crippen molar-refractivity contribution in [2.75, 3.05) is 30.9 Å². The van der Waals surface area contributed by atoms with E-state index in [9.17, 15) is 4.79 Å². The Hall–Kier alpha value is -2.05. The number of carbonyl (C=O) groups excluding carboxylic acids is 1. The Morgan fingerprint density at radius 2 is 1.79 bits per heavy atom. The third-order valence-corrected chi connectivity index (χ3v) is 5.66. The van der Waals surface area contributed by atoms with E-state index in [0.29, 0.717) is 27.5 Å². The summed E-state index contributed by atoms with van der Waals surface area (Å²) in [7, 11) is 3.96. The molecule has 1 aliphatic carbocycles. The highest BCUT2D eigenvalue weighted by molar-refractivity contribution is 6.35. The van der Waals surface area contributed by atoms with E-state index in [1.54, 1.807) is 18.2 Å². The fourth-order valence-electron chi connectivity index (χ4n) is 3.67. The molecule has 2 N–H and O–H groups in total. The van der Waals surface area contributed by atoms with Crippen molar-refractivity contribution in [2.24, 2.45) is 5.92 Å². The van der Waals surface area contributed by atoms with Gasteiger partial charge < -0.3 is 15.5 Å². The average molecular weight is 436 g/mol. The van der Waals surface area contributed by atoms with Crippen molar-refractivity contribution in [3.63, 3.8) is 0 Å². The molecule has 1 aromatic heterocycles. The smallest absolute Gasteiger partial charge is 0.251 e. The third kappa shape index (κ3) is 5.97. The Balaban J connectivity index is 1.47. The van der Waals surface area contributed by atoms with Gasteiger partial charge in [-0.25, -0.2) is 4.98 Å². The van der Waals surface area contributed by atoms with Crippen LogP contribution in [0.15, 0.2) is 24.4 Å². The van der Waals surface area contributed by atoms with Crippen LogP contribution in [-0.4, -0.2) is 42.6 Å². The fraction of sp³-hybridized carbons (Fsp3) is 0.476. The summed E-state index contributed by atoms with van der Waals surface area (Å²) in [5.74, 6) is 2.00. The van der Waals surface area contributed by atoms with Crippen molar-refractivity contribution in [1.82, 2.24) is 15.3 Å². The quantitative estimate of drug-likeness (QED) is 0.695. The minimum absolute atomic E-state index is 0.125. The number of nitrogens with zero attached hydrogens (tertiary/aromatic N) is 3. The second-order valence-electron chi connectivity index (χ2n) is 7.82. The number of halogens is 2. The fourth-order valence-corrected chi connectivity index (χ4v) is 4.20. The molecule has 1 heterocycles. The van der Waals surface area contributed by atoms with Gasteiger partial charge in [0.2, 0.25) is 5.95 Å². The highest BCUT2D eigenvalue weighted by atomic mass is 35.5. The van der Waals surface area contributed by atoms with E-state index >= 15 is 0 Å². The van der Waals surface area contributed by atoms with Gasteiger partial charge >= 0.3 is 0 Å². The van der Waals surface area contributed by atoms with Gasteiger partial charge in [-0.1, -0.05) is 23.2 Å². The maximum atomic E-state index is 12.5.